The second kappa shape index (κ2) is 11.7. The maximum Gasteiger partial charge on any atom is 0.410 e. The third-order valence-corrected chi connectivity index (χ3v) is 9.97. The molecule has 0 bridgehead atoms. The van der Waals surface area contributed by atoms with Gasteiger partial charge in [-0.1, -0.05) is 12.1 Å². The van der Waals surface area contributed by atoms with E-state index in [0.29, 0.717) is 13.1 Å². The Morgan fingerprint density at radius 1 is 0.778 bits per heavy atom. The summed E-state index contributed by atoms with van der Waals surface area (Å²) in [7, 11) is 0. The summed E-state index contributed by atoms with van der Waals surface area (Å²) in [6.07, 6.45) is 1.62. The summed E-state index contributed by atoms with van der Waals surface area (Å²) in [5, 5.41) is 0. The number of anilines is 2. The second-order valence-electron chi connectivity index (χ2n) is 14.9. The SMILES string of the molecule is Cc1cc2nc(-c3ccc(N4CCN(C(=O)OC(C)(C)C)CC4)cc3)cc(N3CCC4(CCN(C(=O)OC(C)(C)C)C4)C3)c2s1. The van der Waals surface area contributed by atoms with E-state index in [4.69, 9.17) is 14.5 Å². The number of carbonyl (C=O) groups excluding carboxylic acids is 2. The first kappa shape index (κ1) is 31.5. The van der Waals surface area contributed by atoms with Crippen molar-refractivity contribution in [3.8, 4) is 11.3 Å². The van der Waals surface area contributed by atoms with Crippen LogP contribution in [0.25, 0.3) is 21.5 Å². The molecule has 3 aliphatic heterocycles. The lowest BCUT2D eigenvalue weighted by molar-refractivity contribution is 0.0238. The topological polar surface area (TPSA) is 78.5 Å². The highest BCUT2D eigenvalue weighted by atomic mass is 32.1. The molecule has 5 heterocycles. The number of likely N-dealkylation sites (tertiary alicyclic amines) is 1. The van der Waals surface area contributed by atoms with Gasteiger partial charge < -0.3 is 29.1 Å². The number of aromatic nitrogens is 1. The molecule has 3 aromatic rings. The Hall–Kier alpha value is -3.53. The lowest BCUT2D eigenvalue weighted by Gasteiger charge is -2.36. The predicted molar refractivity (Wildman–Crippen MR) is 181 cm³/mol. The largest absolute Gasteiger partial charge is 0.444 e. The van der Waals surface area contributed by atoms with E-state index in [1.807, 2.05) is 46.4 Å². The molecule has 1 aromatic carbocycles. The van der Waals surface area contributed by atoms with Crippen LogP contribution in [-0.2, 0) is 9.47 Å². The minimum atomic E-state index is -0.488. The molecule has 2 amide bonds. The van der Waals surface area contributed by atoms with Gasteiger partial charge in [0.25, 0.3) is 0 Å². The van der Waals surface area contributed by atoms with Crippen LogP contribution in [0.15, 0.2) is 36.4 Å². The normalized spacial score (nSPS) is 20.9. The molecule has 1 unspecified atom stereocenters. The van der Waals surface area contributed by atoms with Gasteiger partial charge in [-0.25, -0.2) is 14.6 Å². The van der Waals surface area contributed by atoms with Crippen molar-refractivity contribution in [3.05, 3.63) is 41.3 Å². The first-order valence-electron chi connectivity index (χ1n) is 16.1. The molecule has 242 valence electrons. The van der Waals surface area contributed by atoms with E-state index in [1.165, 1.54) is 15.3 Å². The third-order valence-electron chi connectivity index (χ3n) is 8.91. The molecular weight excluding hydrogens is 586 g/mol. The number of fused-ring (bicyclic) bond motifs is 1. The van der Waals surface area contributed by atoms with Crippen LogP contribution >= 0.6 is 11.3 Å². The molecule has 9 nitrogen and oxygen atoms in total. The van der Waals surface area contributed by atoms with Crippen LogP contribution in [0.3, 0.4) is 0 Å². The highest BCUT2D eigenvalue weighted by Gasteiger charge is 2.46. The van der Waals surface area contributed by atoms with E-state index < -0.39 is 11.2 Å². The van der Waals surface area contributed by atoms with Gasteiger partial charge in [-0.3, -0.25) is 0 Å². The van der Waals surface area contributed by atoms with Crippen LogP contribution in [0, 0.1) is 12.3 Å². The fraction of sp³-hybridized carbons (Fsp3) is 0.571. The molecule has 3 saturated heterocycles. The van der Waals surface area contributed by atoms with Gasteiger partial charge in [0.1, 0.15) is 11.2 Å². The summed E-state index contributed by atoms with van der Waals surface area (Å²) >= 11 is 1.81. The molecule has 45 heavy (non-hydrogen) atoms. The first-order chi connectivity index (χ1) is 21.2. The monoisotopic (exact) mass is 633 g/mol. The summed E-state index contributed by atoms with van der Waals surface area (Å²) < 4.78 is 12.5. The fourth-order valence-corrected chi connectivity index (χ4v) is 7.71. The van der Waals surface area contributed by atoms with E-state index in [-0.39, 0.29) is 17.6 Å². The van der Waals surface area contributed by atoms with E-state index in [1.54, 1.807) is 16.2 Å². The molecule has 0 radical (unpaired) electrons. The van der Waals surface area contributed by atoms with Gasteiger partial charge in [-0.15, -0.1) is 11.3 Å². The minimum Gasteiger partial charge on any atom is -0.444 e. The highest BCUT2D eigenvalue weighted by molar-refractivity contribution is 7.19. The van der Waals surface area contributed by atoms with E-state index in [9.17, 15) is 9.59 Å². The second-order valence-corrected chi connectivity index (χ2v) is 16.2. The summed E-state index contributed by atoms with van der Waals surface area (Å²) in [6.45, 7) is 19.8. The molecule has 6 rings (SSSR count). The zero-order valence-electron chi connectivity index (χ0n) is 27.8. The average molecular weight is 634 g/mol. The number of nitrogens with zero attached hydrogens (tertiary/aromatic N) is 5. The number of carbonyl (C=O) groups is 2. The number of thiophene rings is 1. The van der Waals surface area contributed by atoms with Crippen molar-refractivity contribution in [3.63, 3.8) is 0 Å². The molecule has 3 aliphatic rings. The number of hydrogen-bond donors (Lipinski definition) is 0. The van der Waals surface area contributed by atoms with Crippen molar-refractivity contribution >= 4 is 45.1 Å². The average Bonchev–Trinajstić information content (AvgIpc) is 3.69. The molecule has 0 saturated carbocycles. The Labute approximate surface area is 271 Å². The van der Waals surface area contributed by atoms with Gasteiger partial charge in [0.15, 0.2) is 0 Å². The van der Waals surface area contributed by atoms with Crippen molar-refractivity contribution < 1.29 is 19.1 Å². The van der Waals surface area contributed by atoms with Crippen molar-refractivity contribution in [1.29, 1.82) is 0 Å². The van der Waals surface area contributed by atoms with Gasteiger partial charge >= 0.3 is 12.2 Å². The molecule has 1 spiro atoms. The van der Waals surface area contributed by atoms with Crippen molar-refractivity contribution in [2.24, 2.45) is 5.41 Å². The molecule has 0 aliphatic carbocycles. The smallest absolute Gasteiger partial charge is 0.410 e. The number of aryl methyl sites for hydroxylation is 1. The fourth-order valence-electron chi connectivity index (χ4n) is 6.72. The van der Waals surface area contributed by atoms with Crippen molar-refractivity contribution in [2.75, 3.05) is 62.2 Å². The Bertz CT molecular complexity index is 1570. The summed E-state index contributed by atoms with van der Waals surface area (Å²) in [6, 6.07) is 13.1. The Balaban J connectivity index is 1.16. The van der Waals surface area contributed by atoms with Crippen LogP contribution < -0.4 is 9.80 Å². The molecule has 10 heteroatoms. The Kier molecular flexibility index (Phi) is 8.16. The van der Waals surface area contributed by atoms with Crippen LogP contribution in [0.2, 0.25) is 0 Å². The van der Waals surface area contributed by atoms with Crippen molar-refractivity contribution in [2.45, 2.75) is 72.5 Å². The number of benzene rings is 1. The van der Waals surface area contributed by atoms with Gasteiger partial charge in [-0.2, -0.15) is 0 Å². The standard InChI is InChI=1S/C35H47N5O4S/c1-24-20-28-30(45-24)29(39-14-12-35(22-39)13-15-40(23-35)32(42)44-34(5,6)7)21-27(36-28)25-8-10-26(11-9-25)37-16-18-38(19-17-37)31(41)43-33(2,3)4/h8-11,20-21H,12-19,22-23H2,1-7H3. The molecule has 0 N–H and O–H groups in total. The van der Waals surface area contributed by atoms with Crippen LogP contribution in [-0.4, -0.2) is 90.5 Å². The third kappa shape index (κ3) is 7.00. The quantitative estimate of drug-likeness (QED) is 0.303. The Morgan fingerprint density at radius 2 is 1.40 bits per heavy atom. The lowest BCUT2D eigenvalue weighted by atomic mass is 9.86. The minimum absolute atomic E-state index is 0.0914. The maximum absolute atomic E-state index is 12.8. The highest BCUT2D eigenvalue weighted by Crippen LogP contribution is 2.45. The lowest BCUT2D eigenvalue weighted by Crippen LogP contribution is -2.50. The Morgan fingerprint density at radius 3 is 2.04 bits per heavy atom. The van der Waals surface area contributed by atoms with Gasteiger partial charge in [0, 0.05) is 73.9 Å². The molecule has 3 fully saturated rings. The number of ether oxygens (including phenoxy) is 2. The van der Waals surface area contributed by atoms with Gasteiger partial charge in [-0.05, 0) is 85.6 Å². The van der Waals surface area contributed by atoms with E-state index in [2.05, 4.69) is 53.1 Å². The zero-order chi connectivity index (χ0) is 32.1. The number of hydrogen-bond acceptors (Lipinski definition) is 8. The zero-order valence-corrected chi connectivity index (χ0v) is 28.6. The predicted octanol–water partition coefficient (Wildman–Crippen LogP) is 7.17. The maximum atomic E-state index is 12.8. The number of piperazine rings is 1. The number of pyridine rings is 1. The first-order valence-corrected chi connectivity index (χ1v) is 17.0. The van der Waals surface area contributed by atoms with Crippen LogP contribution in [0.5, 0.6) is 0 Å². The number of rotatable bonds is 3. The summed E-state index contributed by atoms with van der Waals surface area (Å²) in [5.41, 5.74) is 4.60. The van der Waals surface area contributed by atoms with E-state index >= 15 is 0 Å². The van der Waals surface area contributed by atoms with Crippen LogP contribution in [0.1, 0.15) is 59.3 Å². The van der Waals surface area contributed by atoms with Gasteiger partial charge in [0.2, 0.25) is 0 Å². The van der Waals surface area contributed by atoms with Crippen molar-refractivity contribution in [1.82, 2.24) is 14.8 Å². The summed E-state index contributed by atoms with van der Waals surface area (Å²) in [4.78, 5) is 40.2. The number of amides is 2. The summed E-state index contributed by atoms with van der Waals surface area (Å²) in [5.74, 6) is 0. The molecule has 1 atom stereocenters. The van der Waals surface area contributed by atoms with Gasteiger partial charge in [0.05, 0.1) is 21.6 Å². The molecular formula is C35H47N5O4S. The van der Waals surface area contributed by atoms with Crippen LogP contribution in [0.4, 0.5) is 21.0 Å². The van der Waals surface area contributed by atoms with E-state index in [0.717, 1.165) is 74.6 Å². The molecule has 2 aromatic heterocycles.